The van der Waals surface area contributed by atoms with Gasteiger partial charge in [-0.25, -0.2) is 0 Å². The summed E-state index contributed by atoms with van der Waals surface area (Å²) in [6.07, 6.45) is 5.94. The van der Waals surface area contributed by atoms with Crippen LogP contribution in [0.2, 0.25) is 3.93 Å². The molecule has 1 aliphatic carbocycles. The van der Waals surface area contributed by atoms with Crippen LogP contribution >= 0.6 is 9.29 Å². The Morgan fingerprint density at radius 2 is 1.86 bits per heavy atom. The minimum atomic E-state index is -0.404. The topological polar surface area (TPSA) is 0 Å². The molecule has 0 nitrogen and oxygen atoms in total. The van der Waals surface area contributed by atoms with Crippen LogP contribution in [0, 0.1) is 0 Å². The second-order valence-electron chi connectivity index (χ2n) is 2.18. The van der Waals surface area contributed by atoms with E-state index in [0.29, 0.717) is 0 Å². The fourth-order valence-electron chi connectivity index (χ4n) is 1.09. The van der Waals surface area contributed by atoms with Crippen LogP contribution in [0.3, 0.4) is 0 Å². The van der Waals surface area contributed by atoms with Crippen molar-refractivity contribution in [2.75, 3.05) is 0 Å². The Balaban J connectivity index is 2.26. The Morgan fingerprint density at radius 1 is 1.29 bits per heavy atom. The standard InChI is InChI=1S/C5H9.S.Sn.H/c1-2-4-5-3-1;;;/h1H,2-5H2;;;. The van der Waals surface area contributed by atoms with Gasteiger partial charge in [0.15, 0.2) is 0 Å². The third kappa shape index (κ3) is 1.76. The van der Waals surface area contributed by atoms with Gasteiger partial charge in [-0.1, -0.05) is 0 Å². The van der Waals surface area contributed by atoms with Crippen molar-refractivity contribution < 1.29 is 0 Å². The summed E-state index contributed by atoms with van der Waals surface area (Å²) in [6, 6.07) is 0. The molecule has 0 bridgehead atoms. The van der Waals surface area contributed by atoms with Gasteiger partial charge in [0.25, 0.3) is 0 Å². The van der Waals surface area contributed by atoms with Gasteiger partial charge < -0.3 is 0 Å². The zero-order chi connectivity index (χ0) is 5.11. The Morgan fingerprint density at radius 3 is 2.14 bits per heavy atom. The molecule has 0 aromatic carbocycles. The summed E-state index contributed by atoms with van der Waals surface area (Å²) in [5.74, 6) is 0. The zero-order valence-electron chi connectivity index (χ0n) is 4.39. The molecule has 40 valence electrons. The molecule has 0 aromatic rings. The van der Waals surface area contributed by atoms with Crippen molar-refractivity contribution in [3.63, 3.8) is 0 Å². The summed E-state index contributed by atoms with van der Waals surface area (Å²) in [6.45, 7) is 0. The van der Waals surface area contributed by atoms with Crippen molar-refractivity contribution in [2.24, 2.45) is 0 Å². The molecule has 0 aromatic heterocycles. The SMILES string of the molecule is [S]=[SnH][CH]1CCCC1. The van der Waals surface area contributed by atoms with Crippen molar-refractivity contribution in [2.45, 2.75) is 29.6 Å². The monoisotopic (exact) mass is 222 g/mol. The molecule has 0 unspecified atom stereocenters. The predicted octanol–water partition coefficient (Wildman–Crippen LogP) is 1.90. The van der Waals surface area contributed by atoms with Crippen LogP contribution in [0.5, 0.6) is 0 Å². The molecule has 7 heavy (non-hydrogen) atoms. The molecule has 0 saturated heterocycles. The molecule has 0 amide bonds. The number of hydrogen-bond donors (Lipinski definition) is 0. The van der Waals surface area contributed by atoms with Crippen LogP contribution in [0.4, 0.5) is 0 Å². The molecule has 1 fully saturated rings. The minimum absolute atomic E-state index is 0.404. The second kappa shape index (κ2) is 3.13. The first-order valence-electron chi connectivity index (χ1n) is 2.89. The fourth-order valence-corrected chi connectivity index (χ4v) is 5.04. The van der Waals surface area contributed by atoms with E-state index in [2.05, 4.69) is 0 Å². The molecule has 0 radical (unpaired) electrons. The Hall–Kier alpha value is 1.02. The molecule has 0 aliphatic heterocycles. The molecule has 2 heteroatoms. The first-order valence-corrected chi connectivity index (χ1v) is 9.30. The first-order chi connectivity index (χ1) is 3.43. The first kappa shape index (κ1) is 6.14. The average molecular weight is 221 g/mol. The summed E-state index contributed by atoms with van der Waals surface area (Å²) < 4.78 is 1.10. The average Bonchev–Trinajstić information content (AvgIpc) is 2.14. The normalized spacial score (nSPS) is 22.9. The van der Waals surface area contributed by atoms with Gasteiger partial charge in [-0.3, -0.25) is 0 Å². The van der Waals surface area contributed by atoms with Crippen LogP contribution in [0.1, 0.15) is 25.7 Å². The molecule has 0 N–H and O–H groups in total. The van der Waals surface area contributed by atoms with Gasteiger partial charge in [-0.15, -0.1) is 0 Å². The summed E-state index contributed by atoms with van der Waals surface area (Å²) >= 11 is -0.404. The van der Waals surface area contributed by atoms with Crippen LogP contribution in [-0.2, 0) is 0 Å². The van der Waals surface area contributed by atoms with Crippen LogP contribution < -0.4 is 0 Å². The van der Waals surface area contributed by atoms with Crippen LogP contribution in [-0.4, -0.2) is 19.2 Å². The van der Waals surface area contributed by atoms with E-state index in [1.807, 2.05) is 0 Å². The van der Waals surface area contributed by atoms with E-state index in [1.54, 1.807) is 0 Å². The Kier molecular flexibility index (Phi) is 2.74. The summed E-state index contributed by atoms with van der Waals surface area (Å²) in [7, 11) is 5.10. The second-order valence-corrected chi connectivity index (χ2v) is 7.47. The van der Waals surface area contributed by atoms with Crippen molar-refractivity contribution in [3.05, 3.63) is 0 Å². The summed E-state index contributed by atoms with van der Waals surface area (Å²) in [4.78, 5) is 0. The third-order valence-electron chi connectivity index (χ3n) is 1.59. The molecule has 1 aliphatic rings. The van der Waals surface area contributed by atoms with Crippen LogP contribution in [0.15, 0.2) is 0 Å². The van der Waals surface area contributed by atoms with Crippen molar-refractivity contribution in [3.8, 4) is 0 Å². The number of rotatable bonds is 1. The molecule has 1 saturated carbocycles. The van der Waals surface area contributed by atoms with E-state index in [1.165, 1.54) is 25.7 Å². The van der Waals surface area contributed by atoms with Crippen molar-refractivity contribution >= 4 is 28.5 Å². The maximum absolute atomic E-state index is 5.10. The Bertz CT molecular complexity index is 66.5. The molecule has 1 rings (SSSR count). The van der Waals surface area contributed by atoms with Gasteiger partial charge in [0.1, 0.15) is 0 Å². The van der Waals surface area contributed by atoms with Crippen molar-refractivity contribution in [1.82, 2.24) is 0 Å². The van der Waals surface area contributed by atoms with Gasteiger partial charge in [0, 0.05) is 0 Å². The van der Waals surface area contributed by atoms with Crippen molar-refractivity contribution in [1.29, 1.82) is 0 Å². The molecular formula is C5H10SSn. The molecule has 0 atom stereocenters. The van der Waals surface area contributed by atoms with Gasteiger partial charge in [0.2, 0.25) is 0 Å². The number of hydrogen-bond acceptors (Lipinski definition) is 1. The van der Waals surface area contributed by atoms with Gasteiger partial charge >= 0.3 is 58.1 Å². The molecule has 0 spiro atoms. The van der Waals surface area contributed by atoms with Gasteiger partial charge in [0.05, 0.1) is 0 Å². The quantitative estimate of drug-likeness (QED) is 0.609. The van der Waals surface area contributed by atoms with Crippen LogP contribution in [0.25, 0.3) is 0 Å². The van der Waals surface area contributed by atoms with E-state index in [0.717, 1.165) is 3.93 Å². The third-order valence-corrected chi connectivity index (χ3v) is 7.18. The van der Waals surface area contributed by atoms with E-state index < -0.39 is 19.2 Å². The maximum atomic E-state index is 5.10. The van der Waals surface area contributed by atoms with E-state index in [4.69, 9.17) is 9.29 Å². The zero-order valence-corrected chi connectivity index (χ0v) is 8.50. The van der Waals surface area contributed by atoms with E-state index in [9.17, 15) is 0 Å². The fraction of sp³-hybridized carbons (Fsp3) is 1.00. The Labute approximate surface area is 58.1 Å². The van der Waals surface area contributed by atoms with Gasteiger partial charge in [-0.05, 0) is 0 Å². The molecule has 0 heterocycles. The predicted molar refractivity (Wildman–Crippen MR) is 37.0 cm³/mol. The van der Waals surface area contributed by atoms with Gasteiger partial charge in [-0.2, -0.15) is 0 Å². The molecular weight excluding hydrogens is 211 g/mol. The van der Waals surface area contributed by atoms with E-state index in [-0.39, 0.29) is 0 Å². The summed E-state index contributed by atoms with van der Waals surface area (Å²) in [5.41, 5.74) is 0. The summed E-state index contributed by atoms with van der Waals surface area (Å²) in [5, 5.41) is 0. The van der Waals surface area contributed by atoms with E-state index >= 15 is 0 Å².